The van der Waals surface area contributed by atoms with Gasteiger partial charge in [0.15, 0.2) is 0 Å². The second-order valence-electron chi connectivity index (χ2n) is 5.96. The third kappa shape index (κ3) is 3.06. The normalized spacial score (nSPS) is 10.4. The molecular weight excluding hydrogens is 346 g/mol. The van der Waals surface area contributed by atoms with E-state index in [0.29, 0.717) is 22.4 Å². The minimum absolute atomic E-state index is 0.00315. The molecular formula is C19H17N5O3. The molecule has 2 heterocycles. The fourth-order valence-electron chi connectivity index (χ4n) is 2.96. The molecule has 27 heavy (non-hydrogen) atoms. The van der Waals surface area contributed by atoms with E-state index in [-0.39, 0.29) is 22.7 Å². The van der Waals surface area contributed by atoms with E-state index < -0.39 is 5.97 Å². The van der Waals surface area contributed by atoms with E-state index in [4.69, 9.17) is 10.5 Å². The smallest absolute Gasteiger partial charge is 0.341 e. The highest BCUT2D eigenvalue weighted by molar-refractivity contribution is 5.95. The number of rotatable bonds is 3. The summed E-state index contributed by atoms with van der Waals surface area (Å²) in [6.07, 6.45) is 3.45. The van der Waals surface area contributed by atoms with Crippen molar-refractivity contribution in [1.82, 2.24) is 14.8 Å². The van der Waals surface area contributed by atoms with Gasteiger partial charge >= 0.3 is 5.97 Å². The van der Waals surface area contributed by atoms with E-state index in [2.05, 4.69) is 16.2 Å². The number of aromatic nitrogens is 3. The number of phenols is 1. The van der Waals surface area contributed by atoms with Gasteiger partial charge in [0.25, 0.3) is 0 Å². The van der Waals surface area contributed by atoms with Crippen LogP contribution in [0, 0.1) is 18.3 Å². The second-order valence-corrected chi connectivity index (χ2v) is 5.96. The number of nitrogens with two attached hydrogens (primary N) is 1. The largest absolute Gasteiger partial charge is 0.507 e. The molecule has 0 saturated heterocycles. The summed E-state index contributed by atoms with van der Waals surface area (Å²) in [5.74, 6) is -0.819. The minimum atomic E-state index is -0.681. The number of benzene rings is 1. The topological polar surface area (TPSA) is 127 Å². The van der Waals surface area contributed by atoms with Crippen LogP contribution in [-0.2, 0) is 11.8 Å². The summed E-state index contributed by atoms with van der Waals surface area (Å²) in [4.78, 5) is 16.3. The molecule has 0 fully saturated rings. The van der Waals surface area contributed by atoms with Crippen molar-refractivity contribution in [3.05, 3.63) is 47.3 Å². The van der Waals surface area contributed by atoms with Gasteiger partial charge in [0.2, 0.25) is 0 Å². The van der Waals surface area contributed by atoms with Crippen LogP contribution in [0.15, 0.2) is 30.6 Å². The van der Waals surface area contributed by atoms with E-state index in [0.717, 1.165) is 5.56 Å². The molecule has 0 amide bonds. The van der Waals surface area contributed by atoms with E-state index in [9.17, 15) is 15.2 Å². The quantitative estimate of drug-likeness (QED) is 0.684. The molecule has 2 aromatic heterocycles. The van der Waals surface area contributed by atoms with Gasteiger partial charge in [-0.1, -0.05) is 6.07 Å². The van der Waals surface area contributed by atoms with Gasteiger partial charge in [-0.2, -0.15) is 10.4 Å². The number of carbonyl (C=O) groups excluding carboxylic acids is 1. The summed E-state index contributed by atoms with van der Waals surface area (Å²) in [7, 11) is 3.01. The van der Waals surface area contributed by atoms with Crippen LogP contribution in [0.5, 0.6) is 5.75 Å². The van der Waals surface area contributed by atoms with Crippen LogP contribution in [0.3, 0.4) is 0 Å². The van der Waals surface area contributed by atoms with Crippen LogP contribution >= 0.6 is 0 Å². The number of pyridine rings is 1. The Morgan fingerprint density at radius 1 is 1.37 bits per heavy atom. The lowest BCUT2D eigenvalue weighted by atomic mass is 9.92. The van der Waals surface area contributed by atoms with Crippen molar-refractivity contribution in [2.75, 3.05) is 12.8 Å². The highest BCUT2D eigenvalue weighted by Crippen LogP contribution is 2.37. The molecule has 0 aliphatic rings. The average molecular weight is 363 g/mol. The van der Waals surface area contributed by atoms with Crippen molar-refractivity contribution >= 4 is 11.8 Å². The molecule has 0 bridgehead atoms. The van der Waals surface area contributed by atoms with Gasteiger partial charge in [0.1, 0.15) is 28.8 Å². The molecule has 136 valence electrons. The lowest BCUT2D eigenvalue weighted by molar-refractivity contribution is 0.0597. The number of methoxy groups -OCH3 is 1. The predicted octanol–water partition coefficient (Wildman–Crippen LogP) is 2.40. The third-order valence-corrected chi connectivity index (χ3v) is 4.25. The molecule has 1 aromatic carbocycles. The van der Waals surface area contributed by atoms with Crippen molar-refractivity contribution in [3.8, 4) is 34.2 Å². The average Bonchev–Trinajstić information content (AvgIpc) is 3.09. The van der Waals surface area contributed by atoms with Gasteiger partial charge in [-0.3, -0.25) is 4.68 Å². The van der Waals surface area contributed by atoms with Crippen LogP contribution in [0.4, 0.5) is 5.82 Å². The van der Waals surface area contributed by atoms with Gasteiger partial charge in [-0.25, -0.2) is 9.78 Å². The Labute approximate surface area is 155 Å². The summed E-state index contributed by atoms with van der Waals surface area (Å²) < 4.78 is 6.34. The maximum absolute atomic E-state index is 11.9. The molecule has 8 nitrogen and oxygen atoms in total. The fourth-order valence-corrected chi connectivity index (χ4v) is 2.96. The number of aromatic hydroxyl groups is 1. The lowest BCUT2D eigenvalue weighted by Crippen LogP contribution is -2.05. The van der Waals surface area contributed by atoms with E-state index in [1.807, 2.05) is 6.92 Å². The van der Waals surface area contributed by atoms with Gasteiger partial charge in [-0.15, -0.1) is 0 Å². The monoisotopic (exact) mass is 363 g/mol. The number of esters is 1. The fraction of sp³-hybridized carbons (Fsp3) is 0.158. The first-order chi connectivity index (χ1) is 12.9. The first-order valence-corrected chi connectivity index (χ1v) is 7.98. The summed E-state index contributed by atoms with van der Waals surface area (Å²) in [5.41, 5.74) is 9.35. The number of nitrogen functional groups attached to an aromatic ring is 1. The van der Waals surface area contributed by atoms with Crippen LogP contribution in [0.25, 0.3) is 22.4 Å². The molecule has 3 rings (SSSR count). The highest BCUT2D eigenvalue weighted by atomic mass is 16.5. The Balaban J connectivity index is 2.31. The summed E-state index contributed by atoms with van der Waals surface area (Å²) in [5, 5.41) is 23.7. The number of hydrogen-bond acceptors (Lipinski definition) is 7. The Morgan fingerprint density at radius 3 is 2.70 bits per heavy atom. The third-order valence-electron chi connectivity index (χ3n) is 4.25. The Hall–Kier alpha value is -3.86. The molecule has 0 radical (unpaired) electrons. The van der Waals surface area contributed by atoms with Crippen molar-refractivity contribution in [2.24, 2.45) is 7.05 Å². The maximum Gasteiger partial charge on any atom is 0.341 e. The van der Waals surface area contributed by atoms with Crippen molar-refractivity contribution < 1.29 is 14.6 Å². The Bertz CT molecular complexity index is 1100. The molecule has 0 saturated carbocycles. The molecule has 0 aliphatic heterocycles. The predicted molar refractivity (Wildman–Crippen MR) is 98.7 cm³/mol. The zero-order valence-corrected chi connectivity index (χ0v) is 15.0. The van der Waals surface area contributed by atoms with Gasteiger partial charge in [0.05, 0.1) is 19.0 Å². The Morgan fingerprint density at radius 2 is 2.11 bits per heavy atom. The number of phenolic OH excluding ortho intramolecular Hbond substituents is 1. The van der Waals surface area contributed by atoms with Crippen molar-refractivity contribution in [2.45, 2.75) is 6.92 Å². The number of carbonyl (C=O) groups is 1. The minimum Gasteiger partial charge on any atom is -0.507 e. The van der Waals surface area contributed by atoms with Crippen LogP contribution in [0.1, 0.15) is 21.5 Å². The molecule has 0 atom stereocenters. The first-order valence-electron chi connectivity index (χ1n) is 7.98. The molecule has 0 unspecified atom stereocenters. The van der Waals surface area contributed by atoms with Crippen LogP contribution < -0.4 is 5.73 Å². The van der Waals surface area contributed by atoms with Crippen LogP contribution in [0.2, 0.25) is 0 Å². The van der Waals surface area contributed by atoms with E-state index >= 15 is 0 Å². The molecule has 8 heteroatoms. The second kappa shape index (κ2) is 6.80. The summed E-state index contributed by atoms with van der Waals surface area (Å²) in [6, 6.07) is 6.53. The van der Waals surface area contributed by atoms with Crippen molar-refractivity contribution in [1.29, 1.82) is 5.26 Å². The number of hydrogen-bond donors (Lipinski definition) is 2. The first kappa shape index (κ1) is 17.9. The van der Waals surface area contributed by atoms with Gasteiger partial charge in [-0.05, 0) is 30.2 Å². The maximum atomic E-state index is 11.9. The molecule has 3 aromatic rings. The van der Waals surface area contributed by atoms with Gasteiger partial charge < -0.3 is 15.6 Å². The zero-order chi connectivity index (χ0) is 19.7. The zero-order valence-electron chi connectivity index (χ0n) is 15.0. The lowest BCUT2D eigenvalue weighted by Gasteiger charge is -2.15. The number of nitriles is 1. The Kier molecular flexibility index (Phi) is 4.52. The summed E-state index contributed by atoms with van der Waals surface area (Å²) >= 11 is 0. The number of nitrogens with zero attached hydrogens (tertiary/aromatic N) is 4. The summed E-state index contributed by atoms with van der Waals surface area (Å²) in [6.45, 7) is 1.82. The number of anilines is 1. The highest BCUT2D eigenvalue weighted by Gasteiger charge is 2.21. The van der Waals surface area contributed by atoms with Gasteiger partial charge in [0, 0.05) is 24.4 Å². The molecule has 0 aliphatic carbocycles. The molecule has 0 spiro atoms. The SMILES string of the molecule is COC(=O)c1cc(-c2c(C)c(-c3cnn(C)c3)nc(N)c2C#N)ccc1O. The number of ether oxygens (including phenoxy) is 1. The standard InChI is InChI=1S/C19H17N5O3/c1-10-16(11-4-5-15(25)13(6-11)19(26)27-3)14(7-20)18(21)23-17(10)12-8-22-24(2)9-12/h4-6,8-9,25H,1-3H3,(H2,21,23). The number of aryl methyl sites for hydroxylation is 1. The van der Waals surface area contributed by atoms with Crippen molar-refractivity contribution in [3.63, 3.8) is 0 Å². The van der Waals surface area contributed by atoms with E-state index in [1.165, 1.54) is 19.2 Å². The van der Waals surface area contributed by atoms with E-state index in [1.54, 1.807) is 30.2 Å². The molecule has 3 N–H and O–H groups in total. The van der Waals surface area contributed by atoms with Crippen LogP contribution in [-0.4, -0.2) is 33.0 Å².